The molecule has 134 valence electrons. The maximum atomic E-state index is 12.1. The quantitative estimate of drug-likeness (QED) is 0.434. The van der Waals surface area contributed by atoms with E-state index in [9.17, 15) is 4.79 Å². The molecule has 0 aliphatic carbocycles. The smallest absolute Gasteiger partial charge is 0.267 e. The zero-order valence-electron chi connectivity index (χ0n) is 14.8. The van der Waals surface area contributed by atoms with Gasteiger partial charge in [0.15, 0.2) is 0 Å². The van der Waals surface area contributed by atoms with Crippen LogP contribution in [0.2, 0.25) is 0 Å². The fourth-order valence-electron chi connectivity index (χ4n) is 2.14. The van der Waals surface area contributed by atoms with Crippen LogP contribution in [0.25, 0.3) is 0 Å². The number of methoxy groups -OCH3 is 1. The highest BCUT2D eigenvalue weighted by Crippen LogP contribution is 2.16. The van der Waals surface area contributed by atoms with Crippen LogP contribution < -0.4 is 20.1 Å². The van der Waals surface area contributed by atoms with E-state index in [0.717, 1.165) is 11.3 Å². The van der Waals surface area contributed by atoms with E-state index in [4.69, 9.17) is 14.7 Å². The zero-order chi connectivity index (χ0) is 18.8. The Labute approximate surface area is 153 Å². The van der Waals surface area contributed by atoms with Crippen molar-refractivity contribution in [3.05, 3.63) is 65.9 Å². The normalized spacial score (nSPS) is 10.6. The highest BCUT2D eigenvalue weighted by molar-refractivity contribution is 6.06. The Kier molecular flexibility index (Phi) is 7.07. The average Bonchev–Trinajstić information content (AvgIpc) is 2.65. The van der Waals surface area contributed by atoms with Gasteiger partial charge in [-0.25, -0.2) is 0 Å². The molecule has 2 aromatic rings. The molecule has 6 nitrogen and oxygen atoms in total. The van der Waals surface area contributed by atoms with E-state index >= 15 is 0 Å². The number of benzene rings is 2. The molecule has 0 saturated heterocycles. The van der Waals surface area contributed by atoms with Gasteiger partial charge in [0.1, 0.15) is 29.7 Å². The zero-order valence-corrected chi connectivity index (χ0v) is 14.8. The van der Waals surface area contributed by atoms with Crippen LogP contribution in [0.15, 0.2) is 60.3 Å². The Morgan fingerprint density at radius 2 is 1.92 bits per heavy atom. The van der Waals surface area contributed by atoms with E-state index in [-0.39, 0.29) is 5.57 Å². The summed E-state index contributed by atoms with van der Waals surface area (Å²) in [5.41, 5.74) is 1.68. The SMILES string of the molecule is COc1ccc(OCCN/C=C(/C#N)C(=O)Nc2cccc(C)c2)cc1. The molecule has 0 aromatic heterocycles. The predicted molar refractivity (Wildman–Crippen MR) is 100.0 cm³/mol. The first kappa shape index (κ1) is 18.9. The maximum absolute atomic E-state index is 12.1. The van der Waals surface area contributed by atoms with E-state index in [2.05, 4.69) is 10.6 Å². The van der Waals surface area contributed by atoms with Gasteiger partial charge >= 0.3 is 0 Å². The van der Waals surface area contributed by atoms with E-state index in [1.807, 2.05) is 55.5 Å². The van der Waals surface area contributed by atoms with Crippen molar-refractivity contribution in [2.45, 2.75) is 6.92 Å². The van der Waals surface area contributed by atoms with Crippen molar-refractivity contribution in [1.29, 1.82) is 5.26 Å². The summed E-state index contributed by atoms with van der Waals surface area (Å²) in [4.78, 5) is 12.1. The van der Waals surface area contributed by atoms with E-state index < -0.39 is 5.91 Å². The third kappa shape index (κ3) is 5.87. The molecule has 0 fully saturated rings. The number of anilines is 1. The van der Waals surface area contributed by atoms with Gasteiger partial charge in [0.2, 0.25) is 0 Å². The number of amides is 1. The van der Waals surface area contributed by atoms with Crippen LogP contribution in [0.4, 0.5) is 5.69 Å². The van der Waals surface area contributed by atoms with Crippen molar-refractivity contribution in [2.24, 2.45) is 0 Å². The van der Waals surface area contributed by atoms with Crippen LogP contribution in [0.1, 0.15) is 5.56 Å². The molecule has 0 atom stereocenters. The summed E-state index contributed by atoms with van der Waals surface area (Å²) < 4.78 is 10.6. The van der Waals surface area contributed by atoms with Crippen molar-refractivity contribution in [2.75, 3.05) is 25.6 Å². The van der Waals surface area contributed by atoms with Gasteiger partial charge in [0.05, 0.1) is 7.11 Å². The second kappa shape index (κ2) is 9.74. The number of hydrogen-bond acceptors (Lipinski definition) is 5. The van der Waals surface area contributed by atoms with Crippen molar-refractivity contribution in [3.63, 3.8) is 0 Å². The van der Waals surface area contributed by atoms with Gasteiger partial charge in [-0.2, -0.15) is 5.26 Å². The number of nitrogens with one attached hydrogen (secondary N) is 2. The molecule has 0 unspecified atom stereocenters. The number of ether oxygens (including phenoxy) is 2. The predicted octanol–water partition coefficient (Wildman–Crippen LogP) is 3.02. The summed E-state index contributed by atoms with van der Waals surface area (Å²) in [6.07, 6.45) is 1.39. The Morgan fingerprint density at radius 1 is 1.19 bits per heavy atom. The molecule has 0 spiro atoms. The molecule has 0 aliphatic heterocycles. The largest absolute Gasteiger partial charge is 0.497 e. The summed E-state index contributed by atoms with van der Waals surface area (Å²) in [5, 5.41) is 14.8. The van der Waals surface area contributed by atoms with Gasteiger partial charge < -0.3 is 20.1 Å². The van der Waals surface area contributed by atoms with Gasteiger partial charge in [0.25, 0.3) is 5.91 Å². The lowest BCUT2D eigenvalue weighted by Crippen LogP contribution is -2.20. The van der Waals surface area contributed by atoms with Gasteiger partial charge in [0, 0.05) is 18.4 Å². The summed E-state index contributed by atoms with van der Waals surface area (Å²) in [5.74, 6) is 1.02. The van der Waals surface area contributed by atoms with E-state index in [1.165, 1.54) is 6.20 Å². The van der Waals surface area contributed by atoms with Gasteiger partial charge in [-0.15, -0.1) is 0 Å². The van der Waals surface area contributed by atoms with Crippen LogP contribution in [-0.2, 0) is 4.79 Å². The first-order valence-corrected chi connectivity index (χ1v) is 8.11. The van der Waals surface area contributed by atoms with E-state index in [1.54, 1.807) is 13.2 Å². The second-order valence-electron chi connectivity index (χ2n) is 5.47. The monoisotopic (exact) mass is 351 g/mol. The van der Waals surface area contributed by atoms with Gasteiger partial charge in [-0.3, -0.25) is 4.79 Å². The summed E-state index contributed by atoms with van der Waals surface area (Å²) in [6, 6.07) is 16.5. The molecule has 1 amide bonds. The molecule has 2 aromatic carbocycles. The fraction of sp³-hybridized carbons (Fsp3) is 0.200. The first-order chi connectivity index (χ1) is 12.6. The third-order valence-corrected chi connectivity index (χ3v) is 3.46. The molecule has 0 bridgehead atoms. The minimum Gasteiger partial charge on any atom is -0.497 e. The van der Waals surface area contributed by atoms with Gasteiger partial charge in [-0.1, -0.05) is 12.1 Å². The first-order valence-electron chi connectivity index (χ1n) is 8.11. The number of carbonyl (C=O) groups excluding carboxylic acids is 1. The highest BCUT2D eigenvalue weighted by Gasteiger charge is 2.09. The topological polar surface area (TPSA) is 83.4 Å². The number of nitrogens with zero attached hydrogens (tertiary/aromatic N) is 1. The molecule has 6 heteroatoms. The van der Waals surface area contributed by atoms with Crippen molar-refractivity contribution < 1.29 is 14.3 Å². The number of aryl methyl sites for hydroxylation is 1. The molecule has 0 aliphatic rings. The van der Waals surface area contributed by atoms with Crippen LogP contribution in [0.5, 0.6) is 11.5 Å². The summed E-state index contributed by atoms with van der Waals surface area (Å²) >= 11 is 0. The highest BCUT2D eigenvalue weighted by atomic mass is 16.5. The number of hydrogen-bond donors (Lipinski definition) is 2. The maximum Gasteiger partial charge on any atom is 0.267 e. The van der Waals surface area contributed by atoms with E-state index in [0.29, 0.717) is 24.6 Å². The van der Waals surface area contributed by atoms with Crippen LogP contribution >= 0.6 is 0 Å². The molecule has 2 rings (SSSR count). The van der Waals surface area contributed by atoms with Crippen molar-refractivity contribution in [3.8, 4) is 17.6 Å². The summed E-state index contributed by atoms with van der Waals surface area (Å²) in [6.45, 7) is 2.77. The van der Waals surface area contributed by atoms with Crippen molar-refractivity contribution in [1.82, 2.24) is 5.32 Å². The molecule has 0 heterocycles. The van der Waals surface area contributed by atoms with Crippen LogP contribution in [-0.4, -0.2) is 26.2 Å². The minimum atomic E-state index is -0.457. The summed E-state index contributed by atoms with van der Waals surface area (Å²) in [7, 11) is 1.61. The molecular weight excluding hydrogens is 330 g/mol. The fourth-order valence-corrected chi connectivity index (χ4v) is 2.14. The van der Waals surface area contributed by atoms with Crippen molar-refractivity contribution >= 4 is 11.6 Å². The number of nitriles is 1. The Bertz CT molecular complexity index is 808. The molecule has 0 radical (unpaired) electrons. The lowest BCUT2D eigenvalue weighted by molar-refractivity contribution is -0.112. The van der Waals surface area contributed by atoms with Crippen LogP contribution in [0, 0.1) is 18.3 Å². The lowest BCUT2D eigenvalue weighted by Gasteiger charge is -2.08. The Morgan fingerprint density at radius 3 is 2.58 bits per heavy atom. The van der Waals surface area contributed by atoms with Crippen LogP contribution in [0.3, 0.4) is 0 Å². The molecule has 2 N–H and O–H groups in total. The molecule has 0 saturated carbocycles. The second-order valence-corrected chi connectivity index (χ2v) is 5.47. The van der Waals surface area contributed by atoms with Gasteiger partial charge in [-0.05, 0) is 48.9 Å². The minimum absolute atomic E-state index is 0.00375. The number of carbonyl (C=O) groups is 1. The number of rotatable bonds is 8. The third-order valence-electron chi connectivity index (χ3n) is 3.46. The molecular formula is C20H21N3O3. The Hall–Kier alpha value is -3.46. The average molecular weight is 351 g/mol. The Balaban J connectivity index is 1.79. The standard InChI is InChI=1S/C20H21N3O3/c1-15-4-3-5-17(12-15)23-20(24)16(13-21)14-22-10-11-26-19-8-6-18(25-2)7-9-19/h3-9,12,14,22H,10-11H2,1-2H3,(H,23,24)/b16-14-. The molecule has 26 heavy (non-hydrogen) atoms. The lowest BCUT2D eigenvalue weighted by atomic mass is 10.2.